The number of morpholine rings is 1. The first-order valence-corrected chi connectivity index (χ1v) is 6.61. The molecule has 1 aliphatic rings. The lowest BCUT2D eigenvalue weighted by Gasteiger charge is -2.40. The van der Waals surface area contributed by atoms with Gasteiger partial charge in [0.15, 0.2) is 0 Å². The molecule has 0 aromatic heterocycles. The molecule has 96 valence electrons. The highest BCUT2D eigenvalue weighted by molar-refractivity contribution is 6.32. The van der Waals surface area contributed by atoms with Gasteiger partial charge >= 0.3 is 0 Å². The van der Waals surface area contributed by atoms with E-state index < -0.39 is 0 Å². The molecule has 0 saturated carbocycles. The Morgan fingerprint density at radius 3 is 2.94 bits per heavy atom. The van der Waals surface area contributed by atoms with Crippen LogP contribution in [0.5, 0.6) is 0 Å². The second kappa shape index (κ2) is 5.60. The van der Waals surface area contributed by atoms with E-state index in [4.69, 9.17) is 21.6 Å². The molecular weight excluding hydrogens is 248 g/mol. The van der Waals surface area contributed by atoms with Crippen molar-refractivity contribution >= 4 is 17.3 Å². The van der Waals surface area contributed by atoms with Crippen molar-refractivity contribution in [2.24, 2.45) is 0 Å². The van der Waals surface area contributed by atoms with Gasteiger partial charge in [-0.25, -0.2) is 0 Å². The lowest BCUT2D eigenvalue weighted by Crippen LogP contribution is -2.48. The number of hydrogen-bond donors (Lipinski definition) is 0. The molecule has 0 spiro atoms. The Morgan fingerprint density at radius 2 is 2.33 bits per heavy atom. The molecule has 1 heterocycles. The molecule has 2 atom stereocenters. The van der Waals surface area contributed by atoms with E-state index in [-0.39, 0.29) is 6.10 Å². The monoisotopic (exact) mass is 264 g/mol. The zero-order valence-corrected chi connectivity index (χ0v) is 11.4. The van der Waals surface area contributed by atoms with Crippen LogP contribution in [0.3, 0.4) is 0 Å². The molecule has 1 aliphatic heterocycles. The second-order valence-corrected chi connectivity index (χ2v) is 5.04. The minimum Gasteiger partial charge on any atom is -0.375 e. The van der Waals surface area contributed by atoms with Crippen LogP contribution < -0.4 is 4.90 Å². The molecule has 0 aliphatic carbocycles. The van der Waals surface area contributed by atoms with Crippen LogP contribution in [-0.2, 0) is 4.74 Å². The maximum atomic E-state index is 8.89. The largest absolute Gasteiger partial charge is 0.375 e. The molecule has 1 saturated heterocycles. The fourth-order valence-corrected chi connectivity index (χ4v) is 2.49. The highest BCUT2D eigenvalue weighted by Crippen LogP contribution is 2.27. The van der Waals surface area contributed by atoms with Crippen LogP contribution in [0.2, 0.25) is 5.02 Å². The first-order chi connectivity index (χ1) is 8.65. The molecule has 1 aromatic rings. The third-order valence-electron chi connectivity index (χ3n) is 3.34. The summed E-state index contributed by atoms with van der Waals surface area (Å²) < 4.78 is 5.68. The highest BCUT2D eigenvalue weighted by atomic mass is 35.5. The van der Waals surface area contributed by atoms with E-state index in [1.165, 1.54) is 0 Å². The minimum atomic E-state index is 0.224. The Hall–Kier alpha value is -1.24. The fourth-order valence-electron chi connectivity index (χ4n) is 2.27. The topological polar surface area (TPSA) is 36.3 Å². The first kappa shape index (κ1) is 13.2. The van der Waals surface area contributed by atoms with Crippen molar-refractivity contribution in [3.05, 3.63) is 28.8 Å². The molecule has 4 heteroatoms. The Bertz CT molecular complexity index is 469. The van der Waals surface area contributed by atoms with Gasteiger partial charge < -0.3 is 9.64 Å². The summed E-state index contributed by atoms with van der Waals surface area (Å²) in [6, 6.07) is 8.09. The summed E-state index contributed by atoms with van der Waals surface area (Å²) in [5, 5.41) is 9.41. The normalized spacial score (nSPS) is 23.8. The SMILES string of the molecule is CCC1COC(C)CN1c1ccc(C#N)c(Cl)c1. The van der Waals surface area contributed by atoms with Crippen LogP contribution in [0.25, 0.3) is 0 Å². The van der Waals surface area contributed by atoms with Crippen molar-refractivity contribution in [2.75, 3.05) is 18.1 Å². The molecule has 0 bridgehead atoms. The Kier molecular flexibility index (Phi) is 4.11. The van der Waals surface area contributed by atoms with Gasteiger partial charge in [0.25, 0.3) is 0 Å². The van der Waals surface area contributed by atoms with Crippen molar-refractivity contribution in [3.63, 3.8) is 0 Å². The van der Waals surface area contributed by atoms with Gasteiger partial charge in [0, 0.05) is 12.2 Å². The van der Waals surface area contributed by atoms with Gasteiger partial charge in [-0.3, -0.25) is 0 Å². The summed E-state index contributed by atoms with van der Waals surface area (Å²) in [5.74, 6) is 0. The predicted octanol–water partition coefficient (Wildman–Crippen LogP) is 3.22. The average molecular weight is 265 g/mol. The van der Waals surface area contributed by atoms with Gasteiger partial charge in [-0.2, -0.15) is 5.26 Å². The van der Waals surface area contributed by atoms with Crippen LogP contribution >= 0.6 is 11.6 Å². The zero-order valence-electron chi connectivity index (χ0n) is 10.7. The van der Waals surface area contributed by atoms with E-state index in [2.05, 4.69) is 24.8 Å². The number of hydrogen-bond acceptors (Lipinski definition) is 3. The molecule has 2 rings (SSSR count). The third-order valence-corrected chi connectivity index (χ3v) is 3.66. The van der Waals surface area contributed by atoms with Crippen molar-refractivity contribution < 1.29 is 4.74 Å². The lowest BCUT2D eigenvalue weighted by molar-refractivity contribution is 0.0299. The quantitative estimate of drug-likeness (QED) is 0.823. The van der Waals surface area contributed by atoms with Gasteiger partial charge in [-0.15, -0.1) is 0 Å². The Morgan fingerprint density at radius 1 is 1.56 bits per heavy atom. The maximum Gasteiger partial charge on any atom is 0.101 e. The van der Waals surface area contributed by atoms with Crippen molar-refractivity contribution in [2.45, 2.75) is 32.4 Å². The molecular formula is C14H17ClN2O. The van der Waals surface area contributed by atoms with Crippen LogP contribution in [0, 0.1) is 11.3 Å². The molecule has 0 amide bonds. The van der Waals surface area contributed by atoms with E-state index in [0.717, 1.165) is 25.3 Å². The van der Waals surface area contributed by atoms with Gasteiger partial charge in [-0.1, -0.05) is 18.5 Å². The summed E-state index contributed by atoms with van der Waals surface area (Å²) >= 11 is 6.10. The van der Waals surface area contributed by atoms with Gasteiger partial charge in [0.2, 0.25) is 0 Å². The molecule has 2 unspecified atom stereocenters. The lowest BCUT2D eigenvalue weighted by atomic mass is 10.1. The number of nitrogens with zero attached hydrogens (tertiary/aromatic N) is 2. The molecule has 0 N–H and O–H groups in total. The van der Waals surface area contributed by atoms with E-state index >= 15 is 0 Å². The van der Waals surface area contributed by atoms with Gasteiger partial charge in [0.05, 0.1) is 29.3 Å². The van der Waals surface area contributed by atoms with Gasteiger partial charge in [0.1, 0.15) is 6.07 Å². The smallest absolute Gasteiger partial charge is 0.101 e. The van der Waals surface area contributed by atoms with Crippen LogP contribution in [-0.4, -0.2) is 25.3 Å². The Balaban J connectivity index is 2.28. The van der Waals surface area contributed by atoms with Crippen LogP contribution in [0.4, 0.5) is 5.69 Å². The summed E-state index contributed by atoms with van der Waals surface area (Å²) in [6.07, 6.45) is 1.26. The number of anilines is 1. The van der Waals surface area contributed by atoms with E-state index in [1.807, 2.05) is 12.1 Å². The number of benzene rings is 1. The molecule has 0 radical (unpaired) electrons. The summed E-state index contributed by atoms with van der Waals surface area (Å²) in [4.78, 5) is 2.32. The van der Waals surface area contributed by atoms with Crippen molar-refractivity contribution in [1.29, 1.82) is 5.26 Å². The van der Waals surface area contributed by atoms with Crippen molar-refractivity contribution in [3.8, 4) is 6.07 Å². The molecule has 1 fully saturated rings. The predicted molar refractivity (Wildman–Crippen MR) is 73.0 cm³/mol. The number of rotatable bonds is 2. The highest BCUT2D eigenvalue weighted by Gasteiger charge is 2.25. The summed E-state index contributed by atoms with van der Waals surface area (Å²) in [6.45, 7) is 5.84. The minimum absolute atomic E-state index is 0.224. The third kappa shape index (κ3) is 2.60. The Labute approximate surface area is 113 Å². The fraction of sp³-hybridized carbons (Fsp3) is 0.500. The van der Waals surface area contributed by atoms with E-state index in [1.54, 1.807) is 6.07 Å². The second-order valence-electron chi connectivity index (χ2n) is 4.63. The van der Waals surface area contributed by atoms with Crippen molar-refractivity contribution in [1.82, 2.24) is 0 Å². The van der Waals surface area contributed by atoms with Crippen LogP contribution in [0.15, 0.2) is 18.2 Å². The number of nitriles is 1. The maximum absolute atomic E-state index is 8.89. The standard InChI is InChI=1S/C14H17ClN2O/c1-3-12-9-18-10(2)8-17(12)13-5-4-11(7-16)14(15)6-13/h4-6,10,12H,3,8-9H2,1-2H3. The molecule has 18 heavy (non-hydrogen) atoms. The zero-order chi connectivity index (χ0) is 13.1. The number of halogens is 1. The summed E-state index contributed by atoms with van der Waals surface area (Å²) in [5.41, 5.74) is 1.59. The van der Waals surface area contributed by atoms with E-state index in [0.29, 0.717) is 16.6 Å². The average Bonchev–Trinajstić information content (AvgIpc) is 2.38. The summed E-state index contributed by atoms with van der Waals surface area (Å²) in [7, 11) is 0. The first-order valence-electron chi connectivity index (χ1n) is 6.23. The van der Waals surface area contributed by atoms with E-state index in [9.17, 15) is 0 Å². The number of ether oxygens (including phenoxy) is 1. The molecule has 1 aromatic carbocycles. The van der Waals surface area contributed by atoms with Gasteiger partial charge in [-0.05, 0) is 31.5 Å². The van der Waals surface area contributed by atoms with Crippen LogP contribution in [0.1, 0.15) is 25.8 Å². The molecule has 3 nitrogen and oxygen atoms in total.